The number of nitrogens with zero attached hydrogens (tertiary/aromatic N) is 2. The molecule has 0 bridgehead atoms. The Morgan fingerprint density at radius 1 is 0.636 bits per heavy atom. The van der Waals surface area contributed by atoms with Gasteiger partial charge in [-0.15, -0.1) is 0 Å². The third-order valence-corrected chi connectivity index (χ3v) is 5.55. The Morgan fingerprint density at radius 3 is 1.41 bits per heavy atom. The fourth-order valence-corrected chi connectivity index (χ4v) is 4.33. The third kappa shape index (κ3) is 3.02. The standard InChI is InChI=1S/C20H24N2/c21-13-17-11-18(14-22)20(16-9-5-2-6-10-16)12-19(17)15-7-3-1-4-8-15/h11-12,15-16H,1-10H2. The van der Waals surface area contributed by atoms with E-state index in [4.69, 9.17) is 0 Å². The van der Waals surface area contributed by atoms with E-state index < -0.39 is 0 Å². The van der Waals surface area contributed by atoms with E-state index in [1.54, 1.807) is 0 Å². The molecular weight excluding hydrogens is 268 g/mol. The second kappa shape index (κ2) is 6.97. The number of rotatable bonds is 2. The Bertz CT molecular complexity index is 555. The van der Waals surface area contributed by atoms with Crippen molar-refractivity contribution in [2.75, 3.05) is 0 Å². The van der Waals surface area contributed by atoms with E-state index >= 15 is 0 Å². The van der Waals surface area contributed by atoms with Crippen molar-refractivity contribution >= 4 is 0 Å². The molecule has 0 atom stereocenters. The highest BCUT2D eigenvalue weighted by Crippen LogP contribution is 2.40. The summed E-state index contributed by atoms with van der Waals surface area (Å²) in [5.41, 5.74) is 3.93. The van der Waals surface area contributed by atoms with Crippen molar-refractivity contribution in [3.05, 3.63) is 34.4 Å². The van der Waals surface area contributed by atoms with Crippen LogP contribution in [0, 0.1) is 22.7 Å². The Kier molecular flexibility index (Phi) is 4.79. The van der Waals surface area contributed by atoms with E-state index in [0.29, 0.717) is 11.8 Å². The lowest BCUT2D eigenvalue weighted by atomic mass is 9.77. The van der Waals surface area contributed by atoms with E-state index in [1.807, 2.05) is 6.07 Å². The van der Waals surface area contributed by atoms with Gasteiger partial charge in [-0.2, -0.15) is 10.5 Å². The summed E-state index contributed by atoms with van der Waals surface area (Å²) in [4.78, 5) is 0. The molecular formula is C20H24N2. The molecule has 22 heavy (non-hydrogen) atoms. The quantitative estimate of drug-likeness (QED) is 0.720. The first-order chi connectivity index (χ1) is 10.8. The van der Waals surface area contributed by atoms with Gasteiger partial charge in [0.05, 0.1) is 23.3 Å². The Balaban J connectivity index is 2.01. The molecule has 2 nitrogen and oxygen atoms in total. The lowest BCUT2D eigenvalue weighted by molar-refractivity contribution is 0.435. The van der Waals surface area contributed by atoms with E-state index in [-0.39, 0.29) is 0 Å². The average Bonchev–Trinajstić information content (AvgIpc) is 2.62. The second-order valence-electron chi connectivity index (χ2n) is 6.92. The normalized spacial score (nSPS) is 20.3. The highest BCUT2D eigenvalue weighted by Gasteiger charge is 2.24. The van der Waals surface area contributed by atoms with Crippen LogP contribution in [0.4, 0.5) is 0 Å². The van der Waals surface area contributed by atoms with E-state index in [0.717, 1.165) is 11.1 Å². The molecule has 2 heteroatoms. The van der Waals surface area contributed by atoms with Gasteiger partial charge in [-0.05, 0) is 54.7 Å². The molecule has 114 valence electrons. The molecule has 0 saturated heterocycles. The minimum atomic E-state index is 0.526. The number of benzene rings is 1. The highest BCUT2D eigenvalue weighted by atomic mass is 14.3. The van der Waals surface area contributed by atoms with Crippen molar-refractivity contribution in [3.8, 4) is 12.1 Å². The third-order valence-electron chi connectivity index (χ3n) is 5.55. The maximum Gasteiger partial charge on any atom is 0.0995 e. The Morgan fingerprint density at radius 2 is 1.05 bits per heavy atom. The lowest BCUT2D eigenvalue weighted by Gasteiger charge is -2.27. The molecule has 0 spiro atoms. The summed E-state index contributed by atoms with van der Waals surface area (Å²) in [5.74, 6) is 1.05. The van der Waals surface area contributed by atoms with Crippen LogP contribution in [0.2, 0.25) is 0 Å². The summed E-state index contributed by atoms with van der Waals surface area (Å²) in [6.07, 6.45) is 12.5. The zero-order valence-electron chi connectivity index (χ0n) is 13.3. The van der Waals surface area contributed by atoms with Crippen LogP contribution in [-0.4, -0.2) is 0 Å². The number of nitriles is 2. The lowest BCUT2D eigenvalue weighted by Crippen LogP contribution is -2.11. The molecule has 0 heterocycles. The van der Waals surface area contributed by atoms with Crippen molar-refractivity contribution in [3.63, 3.8) is 0 Å². The Hall–Kier alpha value is -1.80. The first-order valence-corrected chi connectivity index (χ1v) is 8.81. The summed E-state index contributed by atoms with van der Waals surface area (Å²) < 4.78 is 0. The van der Waals surface area contributed by atoms with Gasteiger partial charge in [0.1, 0.15) is 0 Å². The summed E-state index contributed by atoms with van der Waals surface area (Å²) in [7, 11) is 0. The largest absolute Gasteiger partial charge is 0.192 e. The highest BCUT2D eigenvalue weighted by molar-refractivity contribution is 5.52. The van der Waals surface area contributed by atoms with Gasteiger partial charge in [0.25, 0.3) is 0 Å². The zero-order valence-corrected chi connectivity index (χ0v) is 13.3. The van der Waals surface area contributed by atoms with Gasteiger partial charge in [-0.25, -0.2) is 0 Å². The van der Waals surface area contributed by atoms with Crippen molar-refractivity contribution < 1.29 is 0 Å². The van der Waals surface area contributed by atoms with Gasteiger partial charge in [-0.3, -0.25) is 0 Å². The molecule has 3 rings (SSSR count). The topological polar surface area (TPSA) is 47.6 Å². The second-order valence-corrected chi connectivity index (χ2v) is 6.92. The molecule has 0 radical (unpaired) electrons. The maximum atomic E-state index is 9.51. The minimum Gasteiger partial charge on any atom is -0.192 e. The van der Waals surface area contributed by atoms with Crippen LogP contribution in [0.5, 0.6) is 0 Å². The maximum absolute atomic E-state index is 9.51. The van der Waals surface area contributed by atoms with Gasteiger partial charge in [0.15, 0.2) is 0 Å². The van der Waals surface area contributed by atoms with Crippen LogP contribution in [-0.2, 0) is 0 Å². The molecule has 1 aromatic carbocycles. The zero-order chi connectivity index (χ0) is 15.4. The van der Waals surface area contributed by atoms with Crippen molar-refractivity contribution in [1.82, 2.24) is 0 Å². The first-order valence-electron chi connectivity index (χ1n) is 8.81. The van der Waals surface area contributed by atoms with Crippen molar-refractivity contribution in [2.45, 2.75) is 76.0 Å². The fourth-order valence-electron chi connectivity index (χ4n) is 4.33. The van der Waals surface area contributed by atoms with Crippen LogP contribution in [0.3, 0.4) is 0 Å². The molecule has 0 unspecified atom stereocenters. The summed E-state index contributed by atoms with van der Waals surface area (Å²) in [6.45, 7) is 0. The van der Waals surface area contributed by atoms with Gasteiger partial charge in [0.2, 0.25) is 0 Å². The average molecular weight is 292 g/mol. The SMILES string of the molecule is N#Cc1cc(C#N)c(C2CCCCC2)cc1C1CCCCC1. The smallest absolute Gasteiger partial charge is 0.0995 e. The number of hydrogen-bond acceptors (Lipinski definition) is 2. The molecule has 2 aliphatic rings. The molecule has 0 aliphatic heterocycles. The van der Waals surface area contributed by atoms with Crippen molar-refractivity contribution in [1.29, 1.82) is 10.5 Å². The summed E-state index contributed by atoms with van der Waals surface area (Å²) in [6, 6.07) is 8.80. The summed E-state index contributed by atoms with van der Waals surface area (Å²) in [5, 5.41) is 19.0. The molecule has 0 amide bonds. The van der Waals surface area contributed by atoms with Gasteiger partial charge >= 0.3 is 0 Å². The minimum absolute atomic E-state index is 0.526. The van der Waals surface area contributed by atoms with Gasteiger partial charge in [0, 0.05) is 0 Å². The van der Waals surface area contributed by atoms with E-state index in [2.05, 4.69) is 18.2 Å². The molecule has 0 N–H and O–H groups in total. The van der Waals surface area contributed by atoms with Crippen molar-refractivity contribution in [2.24, 2.45) is 0 Å². The predicted molar refractivity (Wildman–Crippen MR) is 87.5 cm³/mol. The molecule has 1 aromatic rings. The molecule has 2 saturated carbocycles. The number of hydrogen-bond donors (Lipinski definition) is 0. The van der Waals surface area contributed by atoms with Crippen LogP contribution in [0.25, 0.3) is 0 Å². The van der Waals surface area contributed by atoms with Crippen LogP contribution < -0.4 is 0 Å². The molecule has 2 fully saturated rings. The van der Waals surface area contributed by atoms with Gasteiger partial charge < -0.3 is 0 Å². The fraction of sp³-hybridized carbons (Fsp3) is 0.600. The van der Waals surface area contributed by atoms with Crippen LogP contribution >= 0.6 is 0 Å². The monoisotopic (exact) mass is 292 g/mol. The molecule has 0 aromatic heterocycles. The van der Waals surface area contributed by atoms with Crippen LogP contribution in [0.15, 0.2) is 12.1 Å². The Labute approximate surface area is 133 Å². The predicted octanol–water partition coefficient (Wildman–Crippen LogP) is 5.53. The van der Waals surface area contributed by atoms with E-state index in [1.165, 1.54) is 75.3 Å². The van der Waals surface area contributed by atoms with Crippen LogP contribution in [0.1, 0.15) is 98.3 Å². The summed E-state index contributed by atoms with van der Waals surface area (Å²) >= 11 is 0. The van der Waals surface area contributed by atoms with E-state index in [9.17, 15) is 10.5 Å². The first kappa shape index (κ1) is 15.1. The molecule has 2 aliphatic carbocycles. The van der Waals surface area contributed by atoms with Gasteiger partial charge in [-0.1, -0.05) is 44.6 Å².